The number of aliphatic carboxylic acids is 1. The van der Waals surface area contributed by atoms with Crippen LogP contribution in [0.5, 0.6) is 5.75 Å². The van der Waals surface area contributed by atoms with E-state index in [2.05, 4.69) is 4.90 Å². The second-order valence-corrected chi connectivity index (χ2v) is 7.80. The topological polar surface area (TPSA) is 158 Å². The molecule has 2 aliphatic rings. The number of carbonyl (C=O) groups excluding carboxylic acids is 1. The van der Waals surface area contributed by atoms with Crippen LogP contribution in [0.3, 0.4) is 0 Å². The molecule has 11 heteroatoms. The molecule has 1 aromatic rings. The number of benzene rings is 1. The van der Waals surface area contributed by atoms with E-state index < -0.39 is 12.0 Å². The number of hydrogen-bond donors (Lipinski definition) is 4. The minimum absolute atomic E-state index is 0.0721. The lowest BCUT2D eigenvalue weighted by molar-refractivity contribution is -0.138. The van der Waals surface area contributed by atoms with Crippen LogP contribution in [0, 0.1) is 5.41 Å². The van der Waals surface area contributed by atoms with Gasteiger partial charge in [0.25, 0.3) is 0 Å². The summed E-state index contributed by atoms with van der Waals surface area (Å²) in [4.78, 5) is 28.9. The maximum atomic E-state index is 12.4. The number of carbonyl (C=O) groups is 2. The van der Waals surface area contributed by atoms with Gasteiger partial charge in [0.15, 0.2) is 12.1 Å². The first-order valence-corrected chi connectivity index (χ1v) is 10.2. The minimum atomic E-state index is -1.04. The van der Waals surface area contributed by atoms with E-state index in [4.69, 9.17) is 31.5 Å². The van der Waals surface area contributed by atoms with Gasteiger partial charge in [-0.1, -0.05) is 12.1 Å². The van der Waals surface area contributed by atoms with Gasteiger partial charge in [0.1, 0.15) is 18.4 Å². The van der Waals surface area contributed by atoms with Crippen molar-refractivity contribution in [1.29, 1.82) is 5.41 Å². The monoisotopic (exact) mass is 434 g/mol. The number of amides is 1. The van der Waals surface area contributed by atoms with Gasteiger partial charge in [0.05, 0.1) is 12.7 Å². The molecule has 0 aromatic heterocycles. The summed E-state index contributed by atoms with van der Waals surface area (Å²) in [6.07, 6.45) is -0.630. The highest BCUT2D eigenvalue weighted by molar-refractivity contribution is 5.74. The average molecular weight is 434 g/mol. The molecule has 1 amide bonds. The number of nitrogens with one attached hydrogen (secondary N) is 1. The van der Waals surface area contributed by atoms with E-state index >= 15 is 0 Å². The number of nitrogens with two attached hydrogens (primary N) is 2. The van der Waals surface area contributed by atoms with Crippen molar-refractivity contribution in [2.45, 2.75) is 31.7 Å². The summed E-state index contributed by atoms with van der Waals surface area (Å²) in [7, 11) is 0. The Bertz CT molecular complexity index is 796. The van der Waals surface area contributed by atoms with Gasteiger partial charge in [-0.3, -0.25) is 20.0 Å². The van der Waals surface area contributed by atoms with Gasteiger partial charge in [-0.15, -0.1) is 0 Å². The van der Waals surface area contributed by atoms with Crippen molar-refractivity contribution in [1.82, 2.24) is 14.7 Å². The van der Waals surface area contributed by atoms with E-state index in [0.29, 0.717) is 38.5 Å². The molecule has 3 atom stereocenters. The number of nitrogens with zero attached hydrogens (tertiary/aromatic N) is 3. The lowest BCUT2D eigenvalue weighted by Crippen LogP contribution is -2.57. The van der Waals surface area contributed by atoms with Crippen LogP contribution in [0.25, 0.3) is 0 Å². The van der Waals surface area contributed by atoms with Crippen LogP contribution in [0.2, 0.25) is 0 Å². The molecule has 2 heterocycles. The Morgan fingerprint density at radius 3 is 2.52 bits per heavy atom. The fourth-order valence-electron chi connectivity index (χ4n) is 3.72. The zero-order valence-electron chi connectivity index (χ0n) is 17.6. The van der Waals surface area contributed by atoms with E-state index in [1.807, 2.05) is 11.8 Å². The molecule has 170 valence electrons. The molecule has 0 aliphatic carbocycles. The van der Waals surface area contributed by atoms with E-state index in [1.165, 1.54) is 0 Å². The SMILES string of the molecule is CC(N1CCN(C(=N)N)CC1)N1CC(COc2ccc(CC(N)C(=O)O)cc2)OC1=O. The number of rotatable bonds is 8. The zero-order chi connectivity index (χ0) is 22.5. The highest BCUT2D eigenvalue weighted by Crippen LogP contribution is 2.20. The normalized spacial score (nSPS) is 21.5. The van der Waals surface area contributed by atoms with Gasteiger partial charge < -0.3 is 30.9 Å². The van der Waals surface area contributed by atoms with E-state index in [9.17, 15) is 9.59 Å². The molecule has 0 spiro atoms. The molecule has 0 saturated carbocycles. The first-order valence-electron chi connectivity index (χ1n) is 10.2. The number of carboxylic acid groups (broad SMARTS) is 1. The fraction of sp³-hybridized carbons (Fsp3) is 0.550. The summed E-state index contributed by atoms with van der Waals surface area (Å²) in [6, 6.07) is 6.09. The standard InChI is InChI=1S/C20H30N6O5/c1-13(24-6-8-25(9-7-24)19(22)23)26-11-16(31-20(26)29)12-30-15-4-2-14(3-5-15)10-17(21)18(27)28/h2-5,13,16-17H,6-12,21H2,1H3,(H3,22,23)(H,27,28). The number of carboxylic acids is 1. The lowest BCUT2D eigenvalue weighted by Gasteiger charge is -2.40. The fourth-order valence-corrected chi connectivity index (χ4v) is 3.72. The third kappa shape index (κ3) is 5.76. The number of ether oxygens (including phenoxy) is 2. The summed E-state index contributed by atoms with van der Waals surface area (Å²) in [5, 5.41) is 16.4. The van der Waals surface area contributed by atoms with Crippen LogP contribution in [-0.2, 0) is 16.0 Å². The van der Waals surface area contributed by atoms with Crippen LogP contribution in [0.1, 0.15) is 12.5 Å². The molecule has 0 bridgehead atoms. The predicted molar refractivity (Wildman–Crippen MR) is 113 cm³/mol. The maximum absolute atomic E-state index is 12.4. The summed E-state index contributed by atoms with van der Waals surface area (Å²) >= 11 is 0. The first kappa shape index (κ1) is 22.6. The molecule has 1 aromatic carbocycles. The molecule has 3 unspecified atom stereocenters. The lowest BCUT2D eigenvalue weighted by atomic mass is 10.1. The van der Waals surface area contributed by atoms with Crippen LogP contribution in [-0.4, -0.2) is 95.5 Å². The Balaban J connectivity index is 1.46. The highest BCUT2D eigenvalue weighted by Gasteiger charge is 2.37. The summed E-state index contributed by atoms with van der Waals surface area (Å²) in [5.74, 6) is -0.360. The van der Waals surface area contributed by atoms with Gasteiger partial charge in [0, 0.05) is 26.2 Å². The average Bonchev–Trinajstić information content (AvgIpc) is 3.13. The van der Waals surface area contributed by atoms with E-state index in [-0.39, 0.29) is 37.4 Å². The number of piperazine rings is 1. The molecule has 2 fully saturated rings. The minimum Gasteiger partial charge on any atom is -0.490 e. The van der Waals surface area contributed by atoms with Gasteiger partial charge in [-0.25, -0.2) is 4.79 Å². The Labute approximate surface area is 181 Å². The number of guanidine groups is 1. The molecule has 31 heavy (non-hydrogen) atoms. The summed E-state index contributed by atoms with van der Waals surface area (Å²) in [6.45, 7) is 5.35. The highest BCUT2D eigenvalue weighted by atomic mass is 16.6. The van der Waals surface area contributed by atoms with Gasteiger partial charge in [0.2, 0.25) is 0 Å². The zero-order valence-corrected chi connectivity index (χ0v) is 17.6. The van der Waals surface area contributed by atoms with Crippen molar-refractivity contribution in [2.24, 2.45) is 11.5 Å². The van der Waals surface area contributed by atoms with Crippen molar-refractivity contribution in [3.05, 3.63) is 29.8 Å². The number of cyclic esters (lactones) is 1. The van der Waals surface area contributed by atoms with Crippen LogP contribution in [0.4, 0.5) is 4.79 Å². The quantitative estimate of drug-likeness (QED) is 0.318. The molecule has 2 saturated heterocycles. The Kier molecular flexibility index (Phi) is 7.18. The largest absolute Gasteiger partial charge is 0.490 e. The Morgan fingerprint density at radius 2 is 1.94 bits per heavy atom. The molecule has 3 rings (SSSR count). The Morgan fingerprint density at radius 1 is 1.29 bits per heavy atom. The molecule has 0 radical (unpaired) electrons. The smallest absolute Gasteiger partial charge is 0.411 e. The van der Waals surface area contributed by atoms with Crippen LogP contribution < -0.4 is 16.2 Å². The van der Waals surface area contributed by atoms with Crippen molar-refractivity contribution in [3.8, 4) is 5.75 Å². The predicted octanol–water partition coefficient (Wildman–Crippen LogP) is -0.302. The van der Waals surface area contributed by atoms with Crippen molar-refractivity contribution in [2.75, 3.05) is 39.3 Å². The van der Waals surface area contributed by atoms with Crippen molar-refractivity contribution >= 4 is 18.0 Å². The molecular formula is C20H30N6O5. The summed E-state index contributed by atoms with van der Waals surface area (Å²) in [5.41, 5.74) is 11.9. The van der Waals surface area contributed by atoms with Gasteiger partial charge in [-0.2, -0.15) is 0 Å². The third-order valence-electron chi connectivity index (χ3n) is 5.67. The van der Waals surface area contributed by atoms with Crippen LogP contribution >= 0.6 is 0 Å². The molecular weight excluding hydrogens is 404 g/mol. The number of hydrogen-bond acceptors (Lipinski definition) is 7. The van der Waals surface area contributed by atoms with Gasteiger partial charge >= 0.3 is 12.1 Å². The summed E-state index contributed by atoms with van der Waals surface area (Å²) < 4.78 is 11.2. The third-order valence-corrected chi connectivity index (χ3v) is 5.67. The van der Waals surface area contributed by atoms with Crippen molar-refractivity contribution in [3.63, 3.8) is 0 Å². The van der Waals surface area contributed by atoms with Crippen LogP contribution in [0.15, 0.2) is 24.3 Å². The second-order valence-electron chi connectivity index (χ2n) is 7.80. The second kappa shape index (κ2) is 9.84. The van der Waals surface area contributed by atoms with E-state index in [1.54, 1.807) is 29.2 Å². The molecule has 11 nitrogen and oxygen atoms in total. The van der Waals surface area contributed by atoms with E-state index in [0.717, 1.165) is 5.56 Å². The molecule has 6 N–H and O–H groups in total. The first-order chi connectivity index (χ1) is 14.7. The van der Waals surface area contributed by atoms with Gasteiger partial charge in [-0.05, 0) is 31.0 Å². The Hall–Kier alpha value is -3.05. The molecule has 2 aliphatic heterocycles. The van der Waals surface area contributed by atoms with Crippen molar-refractivity contribution < 1.29 is 24.2 Å². The maximum Gasteiger partial charge on any atom is 0.411 e.